The van der Waals surface area contributed by atoms with Gasteiger partial charge in [0.05, 0.1) is 6.61 Å². The summed E-state index contributed by atoms with van der Waals surface area (Å²) in [5.41, 5.74) is 1.35. The Hall–Kier alpha value is -1.28. The molecule has 152 valence electrons. The molecule has 1 aliphatic rings. The van der Waals surface area contributed by atoms with Crippen LogP contribution >= 0.6 is 0 Å². The molecule has 1 saturated heterocycles. The van der Waals surface area contributed by atoms with Crippen molar-refractivity contribution >= 4 is 0 Å². The molecular weight excluding hydrogens is 332 g/mol. The number of hydrogen-bond acceptors (Lipinski definition) is 2. The van der Waals surface area contributed by atoms with Gasteiger partial charge in [0.2, 0.25) is 0 Å². The highest BCUT2D eigenvalue weighted by Crippen LogP contribution is 2.27. The van der Waals surface area contributed by atoms with E-state index in [-0.39, 0.29) is 5.60 Å². The highest BCUT2D eigenvalue weighted by Gasteiger charge is 2.40. The Balaban J connectivity index is 1.41. The molecule has 1 heterocycles. The molecule has 1 aliphatic heterocycles. The maximum Gasteiger partial charge on any atom is 0.123 e. The van der Waals surface area contributed by atoms with Gasteiger partial charge < -0.3 is 9.47 Å². The molecule has 27 heavy (non-hydrogen) atoms. The van der Waals surface area contributed by atoms with E-state index in [1.165, 1.54) is 82.6 Å². The first kappa shape index (κ1) is 22.0. The number of epoxide rings is 1. The third-order valence-corrected chi connectivity index (χ3v) is 5.45. The molecule has 0 bridgehead atoms. The maximum atomic E-state index is 5.86. The Labute approximate surface area is 167 Å². The van der Waals surface area contributed by atoms with Crippen molar-refractivity contribution in [1.29, 1.82) is 0 Å². The van der Waals surface area contributed by atoms with Crippen LogP contribution in [0, 0.1) is 0 Å². The monoisotopic (exact) mass is 372 g/mol. The molecule has 1 unspecified atom stereocenters. The van der Waals surface area contributed by atoms with Crippen molar-refractivity contribution in [3.05, 3.63) is 42.5 Å². The normalized spacial score (nSPS) is 18.4. The first-order valence-electron chi connectivity index (χ1n) is 11.2. The van der Waals surface area contributed by atoms with Crippen LogP contribution in [0.3, 0.4) is 0 Å². The molecule has 1 fully saturated rings. The fourth-order valence-electron chi connectivity index (χ4n) is 3.44. The Kier molecular flexibility index (Phi) is 10.6. The Bertz CT molecular complexity index is 519. The first-order chi connectivity index (χ1) is 13.2. The molecule has 1 aromatic carbocycles. The van der Waals surface area contributed by atoms with Gasteiger partial charge >= 0.3 is 0 Å². The molecule has 2 heteroatoms. The molecule has 0 N–H and O–H groups in total. The van der Waals surface area contributed by atoms with Gasteiger partial charge in [0.1, 0.15) is 18.0 Å². The van der Waals surface area contributed by atoms with Crippen LogP contribution < -0.4 is 4.74 Å². The van der Waals surface area contributed by atoms with Gasteiger partial charge in [0.15, 0.2) is 0 Å². The van der Waals surface area contributed by atoms with Gasteiger partial charge in [-0.15, -0.1) is 6.58 Å². The molecular formula is C25H40O2. The van der Waals surface area contributed by atoms with Crippen LogP contribution in [0.5, 0.6) is 5.75 Å². The highest BCUT2D eigenvalue weighted by atomic mass is 16.6. The van der Waals surface area contributed by atoms with Crippen molar-refractivity contribution in [2.24, 2.45) is 0 Å². The number of unbranched alkanes of at least 4 members (excludes halogenated alkanes) is 11. The average Bonchev–Trinajstić information content (AvgIpc) is 3.42. The topological polar surface area (TPSA) is 21.8 Å². The lowest BCUT2D eigenvalue weighted by molar-refractivity contribution is 0.202. The van der Waals surface area contributed by atoms with E-state index in [0.29, 0.717) is 6.61 Å². The van der Waals surface area contributed by atoms with E-state index >= 15 is 0 Å². The number of ether oxygens (including phenoxy) is 2. The predicted octanol–water partition coefficient (Wildman–Crippen LogP) is 7.26. The van der Waals surface area contributed by atoms with E-state index < -0.39 is 0 Å². The molecule has 0 aliphatic carbocycles. The van der Waals surface area contributed by atoms with Crippen LogP contribution in [-0.2, 0) is 11.2 Å². The van der Waals surface area contributed by atoms with Crippen LogP contribution in [0.25, 0.3) is 0 Å². The Morgan fingerprint density at radius 2 is 1.56 bits per heavy atom. The molecule has 1 aromatic rings. The van der Waals surface area contributed by atoms with Gasteiger partial charge in [-0.05, 0) is 50.3 Å². The minimum atomic E-state index is -0.0402. The van der Waals surface area contributed by atoms with Crippen molar-refractivity contribution in [1.82, 2.24) is 0 Å². The quantitative estimate of drug-likeness (QED) is 0.163. The first-order valence-corrected chi connectivity index (χ1v) is 11.2. The Morgan fingerprint density at radius 3 is 2.15 bits per heavy atom. The van der Waals surface area contributed by atoms with E-state index in [2.05, 4.69) is 37.8 Å². The number of aryl methyl sites for hydroxylation is 1. The van der Waals surface area contributed by atoms with Gasteiger partial charge in [-0.1, -0.05) is 76.0 Å². The van der Waals surface area contributed by atoms with Crippen LogP contribution in [0.1, 0.15) is 89.5 Å². The highest BCUT2D eigenvalue weighted by molar-refractivity contribution is 5.28. The molecule has 0 radical (unpaired) electrons. The van der Waals surface area contributed by atoms with Gasteiger partial charge in [-0.2, -0.15) is 0 Å². The zero-order valence-corrected chi connectivity index (χ0v) is 17.5. The lowest BCUT2D eigenvalue weighted by Gasteiger charge is -2.10. The Morgan fingerprint density at radius 1 is 0.963 bits per heavy atom. The second kappa shape index (κ2) is 13.0. The number of rotatable bonds is 17. The third-order valence-electron chi connectivity index (χ3n) is 5.45. The molecule has 0 amide bonds. The minimum Gasteiger partial charge on any atom is -0.490 e. The van der Waals surface area contributed by atoms with Gasteiger partial charge in [-0.3, -0.25) is 0 Å². The number of hydrogen-bond donors (Lipinski definition) is 0. The summed E-state index contributed by atoms with van der Waals surface area (Å²) in [6, 6.07) is 8.57. The minimum absolute atomic E-state index is 0.0402. The number of allylic oxidation sites excluding steroid dienone is 1. The summed E-state index contributed by atoms with van der Waals surface area (Å²) >= 11 is 0. The largest absolute Gasteiger partial charge is 0.490 e. The van der Waals surface area contributed by atoms with Gasteiger partial charge in [0.25, 0.3) is 0 Å². The number of benzene rings is 1. The van der Waals surface area contributed by atoms with E-state index in [9.17, 15) is 0 Å². The van der Waals surface area contributed by atoms with E-state index in [1.54, 1.807) is 0 Å². The smallest absolute Gasteiger partial charge is 0.123 e. The van der Waals surface area contributed by atoms with Crippen molar-refractivity contribution in [3.8, 4) is 5.75 Å². The van der Waals surface area contributed by atoms with Crippen LogP contribution in [0.2, 0.25) is 0 Å². The molecule has 0 saturated carbocycles. The summed E-state index contributed by atoms with van der Waals surface area (Å²) in [7, 11) is 0. The molecule has 1 atom stereocenters. The SMILES string of the molecule is C=CCCCCCCCCCCCCCc1cccc(OCC2(C)CO2)c1. The standard InChI is InChI=1S/C25H40O2/c1-3-4-5-6-7-8-9-10-11-12-13-14-15-17-23-18-16-19-24(20-23)26-21-25(2)22-27-25/h3,16,18-20H,1,4-15,17,21-22H2,2H3. The van der Waals surface area contributed by atoms with E-state index in [4.69, 9.17) is 9.47 Å². The van der Waals surface area contributed by atoms with Crippen LogP contribution in [-0.4, -0.2) is 18.8 Å². The molecule has 0 spiro atoms. The van der Waals surface area contributed by atoms with Crippen molar-refractivity contribution in [2.45, 2.75) is 96.0 Å². The maximum absolute atomic E-state index is 5.86. The lowest BCUT2D eigenvalue weighted by atomic mass is 10.0. The fraction of sp³-hybridized carbons (Fsp3) is 0.680. The predicted molar refractivity (Wildman–Crippen MR) is 116 cm³/mol. The second-order valence-corrected chi connectivity index (χ2v) is 8.39. The molecule has 2 nitrogen and oxygen atoms in total. The fourth-order valence-corrected chi connectivity index (χ4v) is 3.44. The van der Waals surface area contributed by atoms with Crippen molar-refractivity contribution < 1.29 is 9.47 Å². The van der Waals surface area contributed by atoms with Crippen LogP contribution in [0.15, 0.2) is 36.9 Å². The summed E-state index contributed by atoms with van der Waals surface area (Å²) in [6.07, 6.45) is 19.6. The van der Waals surface area contributed by atoms with Crippen molar-refractivity contribution in [3.63, 3.8) is 0 Å². The van der Waals surface area contributed by atoms with Gasteiger partial charge in [0, 0.05) is 0 Å². The van der Waals surface area contributed by atoms with Crippen molar-refractivity contribution in [2.75, 3.05) is 13.2 Å². The summed E-state index contributed by atoms with van der Waals surface area (Å²) in [5, 5.41) is 0. The molecule has 0 aromatic heterocycles. The summed E-state index contributed by atoms with van der Waals surface area (Å²) in [5.74, 6) is 0.980. The zero-order chi connectivity index (χ0) is 19.2. The summed E-state index contributed by atoms with van der Waals surface area (Å²) in [4.78, 5) is 0. The average molecular weight is 373 g/mol. The van der Waals surface area contributed by atoms with Crippen LogP contribution in [0.4, 0.5) is 0 Å². The zero-order valence-electron chi connectivity index (χ0n) is 17.5. The second-order valence-electron chi connectivity index (χ2n) is 8.39. The van der Waals surface area contributed by atoms with E-state index in [1.807, 2.05) is 6.08 Å². The van der Waals surface area contributed by atoms with E-state index in [0.717, 1.165) is 18.8 Å². The summed E-state index contributed by atoms with van der Waals surface area (Å²) in [6.45, 7) is 7.36. The lowest BCUT2D eigenvalue weighted by Crippen LogP contribution is -2.16. The van der Waals surface area contributed by atoms with Gasteiger partial charge in [-0.25, -0.2) is 0 Å². The molecule has 2 rings (SSSR count). The summed E-state index contributed by atoms with van der Waals surface area (Å²) < 4.78 is 11.2. The third kappa shape index (κ3) is 10.6.